The van der Waals surface area contributed by atoms with Crippen LogP contribution in [-0.2, 0) is 14.6 Å². The van der Waals surface area contributed by atoms with Gasteiger partial charge < -0.3 is 4.90 Å². The van der Waals surface area contributed by atoms with Gasteiger partial charge in [0.15, 0.2) is 9.84 Å². The molecule has 10 heteroatoms. The Labute approximate surface area is 187 Å². The first-order valence-electron chi connectivity index (χ1n) is 10.0. The largest absolute Gasteiger partial charge is 0.335 e. The highest BCUT2D eigenvalue weighted by molar-refractivity contribution is 8.00. The maximum Gasteiger partial charge on any atom is 0.233 e. The molecule has 0 radical (unpaired) electrons. The lowest BCUT2D eigenvalue weighted by molar-refractivity contribution is -0.130. The normalized spacial score (nSPS) is 20.2. The topological polar surface area (TPSA) is 80.2 Å². The Morgan fingerprint density at radius 2 is 1.94 bits per heavy atom. The first kappa shape index (κ1) is 20.8. The maximum absolute atomic E-state index is 13.3. The number of benzene rings is 1. The van der Waals surface area contributed by atoms with Gasteiger partial charge in [-0.2, -0.15) is 0 Å². The Morgan fingerprint density at radius 1 is 1.16 bits per heavy atom. The zero-order valence-electron chi connectivity index (χ0n) is 16.5. The number of fused-ring (bicyclic) bond motifs is 1. The predicted octanol–water partition coefficient (Wildman–Crippen LogP) is 3.77. The van der Waals surface area contributed by atoms with Crippen molar-refractivity contribution in [2.75, 3.05) is 17.3 Å². The SMILES string of the molecule is O=C(CSc1ncnc2scc(-c3ccc(F)cc3)c12)N(C1CC1)C1CCS(=O)(=O)C1. The van der Waals surface area contributed by atoms with Crippen molar-refractivity contribution < 1.29 is 17.6 Å². The minimum absolute atomic E-state index is 0.0417. The Kier molecular flexibility index (Phi) is 5.47. The summed E-state index contributed by atoms with van der Waals surface area (Å²) in [7, 11) is -3.05. The van der Waals surface area contributed by atoms with Crippen LogP contribution in [0.5, 0.6) is 0 Å². The van der Waals surface area contributed by atoms with Crippen LogP contribution in [0.1, 0.15) is 19.3 Å². The minimum Gasteiger partial charge on any atom is -0.335 e. The fourth-order valence-electron chi connectivity index (χ4n) is 4.06. The molecule has 0 bridgehead atoms. The molecule has 1 atom stereocenters. The van der Waals surface area contributed by atoms with E-state index in [1.807, 2.05) is 10.3 Å². The predicted molar refractivity (Wildman–Crippen MR) is 120 cm³/mol. The first-order valence-corrected chi connectivity index (χ1v) is 13.7. The van der Waals surface area contributed by atoms with Crippen LogP contribution in [0.3, 0.4) is 0 Å². The third-order valence-corrected chi connectivity index (χ3v) is 9.26. The number of thioether (sulfide) groups is 1. The number of amides is 1. The number of halogens is 1. The van der Waals surface area contributed by atoms with Crippen LogP contribution in [-0.4, -0.2) is 58.5 Å². The number of sulfone groups is 1. The lowest BCUT2D eigenvalue weighted by atomic mass is 10.1. The summed E-state index contributed by atoms with van der Waals surface area (Å²) in [6, 6.07) is 6.22. The molecule has 3 heterocycles. The zero-order valence-corrected chi connectivity index (χ0v) is 19.0. The van der Waals surface area contributed by atoms with Crippen LogP contribution in [0, 0.1) is 5.82 Å². The molecule has 0 spiro atoms. The van der Waals surface area contributed by atoms with Gasteiger partial charge in [-0.15, -0.1) is 11.3 Å². The number of thiophene rings is 1. The van der Waals surface area contributed by atoms with Gasteiger partial charge in [0.2, 0.25) is 5.91 Å². The Bertz CT molecular complexity index is 1240. The molecule has 5 rings (SSSR count). The van der Waals surface area contributed by atoms with Gasteiger partial charge >= 0.3 is 0 Å². The highest BCUT2D eigenvalue weighted by atomic mass is 32.2. The summed E-state index contributed by atoms with van der Waals surface area (Å²) in [5.41, 5.74) is 1.78. The average Bonchev–Trinajstić information content (AvgIpc) is 3.37. The molecular weight excluding hydrogens is 457 g/mol. The number of carbonyl (C=O) groups excluding carboxylic acids is 1. The number of aromatic nitrogens is 2. The summed E-state index contributed by atoms with van der Waals surface area (Å²) in [5, 5.41) is 3.53. The van der Waals surface area contributed by atoms with Crippen molar-refractivity contribution in [2.45, 2.75) is 36.4 Å². The molecule has 2 aliphatic rings. The van der Waals surface area contributed by atoms with Gasteiger partial charge in [0.1, 0.15) is 22.0 Å². The molecular formula is C21H20FN3O3S3. The zero-order chi connectivity index (χ0) is 21.6. The fourth-order valence-corrected chi connectivity index (χ4v) is 7.63. The van der Waals surface area contributed by atoms with Crippen LogP contribution in [0.4, 0.5) is 4.39 Å². The van der Waals surface area contributed by atoms with Gasteiger partial charge in [-0.3, -0.25) is 4.79 Å². The molecule has 2 fully saturated rings. The average molecular weight is 478 g/mol. The van der Waals surface area contributed by atoms with Crippen molar-refractivity contribution in [3.63, 3.8) is 0 Å². The number of rotatable bonds is 6. The van der Waals surface area contributed by atoms with E-state index in [2.05, 4.69) is 9.97 Å². The molecule has 1 saturated heterocycles. The van der Waals surface area contributed by atoms with E-state index in [0.717, 1.165) is 34.2 Å². The molecule has 1 unspecified atom stereocenters. The summed E-state index contributed by atoms with van der Waals surface area (Å²) in [5.74, 6) is 0.0761. The minimum atomic E-state index is -3.05. The molecule has 1 saturated carbocycles. The Morgan fingerprint density at radius 3 is 2.61 bits per heavy atom. The number of hydrogen-bond donors (Lipinski definition) is 0. The van der Waals surface area contributed by atoms with E-state index in [1.165, 1.54) is 41.6 Å². The van der Waals surface area contributed by atoms with E-state index in [-0.39, 0.29) is 41.1 Å². The fraction of sp³-hybridized carbons (Fsp3) is 0.381. The van der Waals surface area contributed by atoms with E-state index in [4.69, 9.17) is 0 Å². The molecule has 31 heavy (non-hydrogen) atoms. The lowest BCUT2D eigenvalue weighted by Gasteiger charge is -2.28. The van der Waals surface area contributed by atoms with Gasteiger partial charge in [0, 0.05) is 23.0 Å². The van der Waals surface area contributed by atoms with E-state index in [0.29, 0.717) is 11.4 Å². The second-order valence-corrected chi connectivity index (χ2v) is 11.9. The molecule has 3 aromatic rings. The van der Waals surface area contributed by atoms with E-state index >= 15 is 0 Å². The highest BCUT2D eigenvalue weighted by Gasteiger charge is 2.42. The number of hydrogen-bond acceptors (Lipinski definition) is 7. The van der Waals surface area contributed by atoms with Gasteiger partial charge in [0.05, 0.1) is 22.6 Å². The molecule has 6 nitrogen and oxygen atoms in total. The standard InChI is InChI=1S/C21H20FN3O3S3/c22-14-3-1-13(2-4-14)17-9-29-20-19(17)21(24-12-23-20)30-10-18(26)25(15-5-6-15)16-7-8-31(27,28)11-16/h1-4,9,12,15-16H,5-8,10-11H2. The van der Waals surface area contributed by atoms with Crippen LogP contribution in [0.15, 0.2) is 41.0 Å². The van der Waals surface area contributed by atoms with Gasteiger partial charge in [-0.05, 0) is 37.0 Å². The van der Waals surface area contributed by atoms with Crippen molar-refractivity contribution in [1.29, 1.82) is 0 Å². The summed E-state index contributed by atoms with van der Waals surface area (Å²) < 4.78 is 37.2. The van der Waals surface area contributed by atoms with Gasteiger partial charge in [-0.25, -0.2) is 22.8 Å². The first-order chi connectivity index (χ1) is 14.9. The van der Waals surface area contributed by atoms with Crippen LogP contribution in [0.2, 0.25) is 0 Å². The summed E-state index contributed by atoms with van der Waals surface area (Å²) in [4.78, 5) is 24.5. The monoisotopic (exact) mass is 477 g/mol. The van der Waals surface area contributed by atoms with Crippen molar-refractivity contribution in [1.82, 2.24) is 14.9 Å². The van der Waals surface area contributed by atoms with Crippen LogP contribution < -0.4 is 0 Å². The smallest absolute Gasteiger partial charge is 0.233 e. The van der Waals surface area contributed by atoms with Crippen molar-refractivity contribution in [3.8, 4) is 11.1 Å². The van der Waals surface area contributed by atoms with Crippen molar-refractivity contribution in [2.24, 2.45) is 0 Å². The molecule has 162 valence electrons. The molecule has 1 aromatic carbocycles. The van der Waals surface area contributed by atoms with Gasteiger partial charge in [0.25, 0.3) is 0 Å². The summed E-state index contributed by atoms with van der Waals surface area (Å²) in [6.45, 7) is 0. The maximum atomic E-state index is 13.3. The molecule has 0 N–H and O–H groups in total. The van der Waals surface area contributed by atoms with E-state index < -0.39 is 9.84 Å². The molecule has 2 aromatic heterocycles. The molecule has 1 aliphatic carbocycles. The molecule has 1 aliphatic heterocycles. The second-order valence-electron chi connectivity index (χ2n) is 7.89. The second kappa shape index (κ2) is 8.14. The van der Waals surface area contributed by atoms with Crippen LogP contribution in [0.25, 0.3) is 21.3 Å². The Hall–Kier alpha value is -2.04. The summed E-state index contributed by atoms with van der Waals surface area (Å²) >= 11 is 2.83. The number of nitrogens with zero attached hydrogens (tertiary/aromatic N) is 3. The quantitative estimate of drug-likeness (QED) is 0.397. The van der Waals surface area contributed by atoms with Gasteiger partial charge in [-0.1, -0.05) is 23.9 Å². The highest BCUT2D eigenvalue weighted by Crippen LogP contribution is 2.39. The van der Waals surface area contributed by atoms with Crippen LogP contribution >= 0.6 is 23.1 Å². The number of carbonyl (C=O) groups is 1. The Balaban J connectivity index is 1.38. The lowest BCUT2D eigenvalue weighted by Crippen LogP contribution is -2.43. The third kappa shape index (κ3) is 4.33. The van der Waals surface area contributed by atoms with Crippen molar-refractivity contribution in [3.05, 3.63) is 41.8 Å². The summed E-state index contributed by atoms with van der Waals surface area (Å²) in [6.07, 6.45) is 3.88. The third-order valence-electron chi connectivity index (χ3n) is 5.65. The molecule has 1 amide bonds. The van der Waals surface area contributed by atoms with E-state index in [9.17, 15) is 17.6 Å². The van der Waals surface area contributed by atoms with Crippen molar-refractivity contribution >= 4 is 49.1 Å². The van der Waals surface area contributed by atoms with E-state index in [1.54, 1.807) is 12.1 Å².